The van der Waals surface area contributed by atoms with Crippen LogP contribution in [0, 0.1) is 0 Å². The molecule has 0 aliphatic rings. The number of pyridine rings is 1. The number of aromatic carboxylic acids is 1. The lowest BCUT2D eigenvalue weighted by molar-refractivity contribution is 0.0690. The summed E-state index contributed by atoms with van der Waals surface area (Å²) in [6, 6.07) is 4.09. The molecule has 0 saturated heterocycles. The first-order valence-corrected chi connectivity index (χ1v) is 6.79. The molecule has 1 heterocycles. The van der Waals surface area contributed by atoms with Crippen LogP contribution in [0.5, 0.6) is 0 Å². The molecule has 0 spiro atoms. The number of rotatable bonds is 7. The van der Waals surface area contributed by atoms with Gasteiger partial charge in [-0.2, -0.15) is 0 Å². The summed E-state index contributed by atoms with van der Waals surface area (Å²) in [5, 5.41) is 8.72. The highest BCUT2D eigenvalue weighted by atomic mass is 32.2. The standard InChI is InChI=1S/C10H14N2O5S/c1-17-6-3-7-18(15,16)12-9-5-2-4-8(11-9)10(13)14/h2,4-5H,3,6-7H2,1H3,(H,11,12)(H,13,14). The number of carbonyl (C=O) groups is 1. The van der Waals surface area contributed by atoms with Gasteiger partial charge in [-0.1, -0.05) is 6.07 Å². The molecule has 1 rings (SSSR count). The maximum absolute atomic E-state index is 11.6. The van der Waals surface area contributed by atoms with Crippen molar-refractivity contribution in [1.29, 1.82) is 0 Å². The second-order valence-electron chi connectivity index (χ2n) is 3.48. The molecule has 2 N–H and O–H groups in total. The zero-order valence-electron chi connectivity index (χ0n) is 9.79. The predicted octanol–water partition coefficient (Wildman–Crippen LogP) is 0.558. The number of carboxylic acids is 1. The third-order valence-electron chi connectivity index (χ3n) is 1.99. The Balaban J connectivity index is 2.72. The Morgan fingerprint density at radius 1 is 1.50 bits per heavy atom. The van der Waals surface area contributed by atoms with Crippen molar-refractivity contribution < 1.29 is 23.1 Å². The van der Waals surface area contributed by atoms with E-state index in [1.807, 2.05) is 0 Å². The fourth-order valence-electron chi connectivity index (χ4n) is 1.21. The van der Waals surface area contributed by atoms with E-state index >= 15 is 0 Å². The van der Waals surface area contributed by atoms with Gasteiger partial charge < -0.3 is 9.84 Å². The highest BCUT2D eigenvalue weighted by molar-refractivity contribution is 7.92. The van der Waals surface area contributed by atoms with E-state index in [0.29, 0.717) is 13.0 Å². The Morgan fingerprint density at radius 2 is 2.22 bits per heavy atom. The summed E-state index contributed by atoms with van der Waals surface area (Å²) in [5.74, 6) is -1.33. The highest BCUT2D eigenvalue weighted by Crippen LogP contribution is 2.08. The minimum absolute atomic E-state index is 0.00711. The SMILES string of the molecule is COCCCS(=O)(=O)Nc1cccc(C(=O)O)n1. The first-order valence-electron chi connectivity index (χ1n) is 5.14. The van der Waals surface area contributed by atoms with Crippen molar-refractivity contribution in [2.45, 2.75) is 6.42 Å². The topological polar surface area (TPSA) is 106 Å². The van der Waals surface area contributed by atoms with Crippen LogP contribution in [0.2, 0.25) is 0 Å². The maximum Gasteiger partial charge on any atom is 0.354 e. The van der Waals surface area contributed by atoms with Crippen LogP contribution in [0.1, 0.15) is 16.9 Å². The van der Waals surface area contributed by atoms with Crippen molar-refractivity contribution in [2.75, 3.05) is 24.2 Å². The van der Waals surface area contributed by atoms with Gasteiger partial charge in [0.15, 0.2) is 5.69 Å². The second kappa shape index (κ2) is 6.31. The van der Waals surface area contributed by atoms with Crippen LogP contribution in [-0.2, 0) is 14.8 Å². The number of hydrogen-bond acceptors (Lipinski definition) is 5. The van der Waals surface area contributed by atoms with Gasteiger partial charge >= 0.3 is 5.97 Å². The number of anilines is 1. The van der Waals surface area contributed by atoms with Crippen LogP contribution < -0.4 is 4.72 Å². The van der Waals surface area contributed by atoms with Crippen LogP contribution in [0.4, 0.5) is 5.82 Å². The van der Waals surface area contributed by atoms with Gasteiger partial charge in [-0.3, -0.25) is 4.72 Å². The number of sulfonamides is 1. The molecule has 0 fully saturated rings. The van der Waals surface area contributed by atoms with E-state index in [0.717, 1.165) is 0 Å². The van der Waals surface area contributed by atoms with Crippen LogP contribution in [0.3, 0.4) is 0 Å². The molecular formula is C10H14N2O5S. The van der Waals surface area contributed by atoms with E-state index in [9.17, 15) is 13.2 Å². The zero-order chi connectivity index (χ0) is 13.6. The number of nitrogens with zero attached hydrogens (tertiary/aromatic N) is 1. The number of methoxy groups -OCH3 is 1. The van der Waals surface area contributed by atoms with Crippen molar-refractivity contribution >= 4 is 21.8 Å². The number of nitrogens with one attached hydrogen (secondary N) is 1. The largest absolute Gasteiger partial charge is 0.477 e. The average Bonchev–Trinajstić information content (AvgIpc) is 2.28. The molecule has 0 unspecified atom stereocenters. The van der Waals surface area contributed by atoms with Gasteiger partial charge in [0.1, 0.15) is 5.82 Å². The first kappa shape index (κ1) is 14.4. The van der Waals surface area contributed by atoms with Gasteiger partial charge in [0.2, 0.25) is 10.0 Å². The summed E-state index contributed by atoms with van der Waals surface area (Å²) >= 11 is 0. The molecule has 100 valence electrons. The summed E-state index contributed by atoms with van der Waals surface area (Å²) in [6.45, 7) is 0.337. The van der Waals surface area contributed by atoms with E-state index < -0.39 is 16.0 Å². The third kappa shape index (κ3) is 4.68. The van der Waals surface area contributed by atoms with Crippen LogP contribution in [-0.4, -0.2) is 43.9 Å². The minimum Gasteiger partial charge on any atom is -0.477 e. The maximum atomic E-state index is 11.6. The van der Waals surface area contributed by atoms with Crippen LogP contribution >= 0.6 is 0 Å². The summed E-state index contributed by atoms with van der Waals surface area (Å²) in [7, 11) is -2.05. The number of hydrogen-bond donors (Lipinski definition) is 2. The van der Waals surface area contributed by atoms with E-state index in [1.54, 1.807) is 0 Å². The molecular weight excluding hydrogens is 260 g/mol. The molecule has 0 amide bonds. The second-order valence-corrected chi connectivity index (χ2v) is 5.32. The normalized spacial score (nSPS) is 11.2. The molecule has 0 aliphatic carbocycles. The zero-order valence-corrected chi connectivity index (χ0v) is 10.6. The molecule has 8 heteroatoms. The Kier molecular flexibility index (Phi) is 5.05. The van der Waals surface area contributed by atoms with Gasteiger partial charge in [0.05, 0.1) is 5.75 Å². The Labute approximate surface area is 105 Å². The summed E-state index contributed by atoms with van der Waals surface area (Å²) in [6.07, 6.45) is 0.352. The monoisotopic (exact) mass is 274 g/mol. The Bertz CT molecular complexity index is 515. The van der Waals surface area contributed by atoms with E-state index in [-0.39, 0.29) is 17.3 Å². The van der Waals surface area contributed by atoms with Crippen molar-refractivity contribution in [3.63, 3.8) is 0 Å². The minimum atomic E-state index is -3.53. The first-order chi connectivity index (χ1) is 8.44. The molecule has 18 heavy (non-hydrogen) atoms. The van der Waals surface area contributed by atoms with Crippen molar-refractivity contribution in [3.8, 4) is 0 Å². The molecule has 0 atom stereocenters. The lowest BCUT2D eigenvalue weighted by Gasteiger charge is -2.07. The fourth-order valence-corrected chi connectivity index (χ4v) is 2.25. The molecule has 1 aromatic heterocycles. The van der Waals surface area contributed by atoms with Gasteiger partial charge in [-0.05, 0) is 18.6 Å². The Hall–Kier alpha value is -1.67. The predicted molar refractivity (Wildman–Crippen MR) is 65.1 cm³/mol. The molecule has 0 bridgehead atoms. The number of ether oxygens (including phenoxy) is 1. The van der Waals surface area contributed by atoms with E-state index in [1.165, 1.54) is 25.3 Å². The summed E-state index contributed by atoms with van der Waals surface area (Å²) in [5.41, 5.74) is -0.216. The van der Waals surface area contributed by atoms with Gasteiger partial charge in [0, 0.05) is 13.7 Å². The highest BCUT2D eigenvalue weighted by Gasteiger charge is 2.12. The number of carboxylic acid groups (broad SMARTS) is 1. The number of aromatic nitrogens is 1. The fraction of sp³-hybridized carbons (Fsp3) is 0.400. The Morgan fingerprint density at radius 3 is 2.83 bits per heavy atom. The van der Waals surface area contributed by atoms with Gasteiger partial charge in [-0.25, -0.2) is 18.2 Å². The quantitative estimate of drug-likeness (QED) is 0.704. The van der Waals surface area contributed by atoms with Crippen molar-refractivity contribution in [3.05, 3.63) is 23.9 Å². The average molecular weight is 274 g/mol. The van der Waals surface area contributed by atoms with Gasteiger partial charge in [0.25, 0.3) is 0 Å². The third-order valence-corrected chi connectivity index (χ3v) is 3.34. The summed E-state index contributed by atoms with van der Waals surface area (Å²) < 4.78 is 30.2. The molecule has 0 saturated carbocycles. The molecule has 0 aliphatic heterocycles. The van der Waals surface area contributed by atoms with E-state index in [4.69, 9.17) is 9.84 Å². The molecule has 0 radical (unpaired) electrons. The molecule has 0 aromatic carbocycles. The van der Waals surface area contributed by atoms with Crippen molar-refractivity contribution in [1.82, 2.24) is 4.98 Å². The van der Waals surface area contributed by atoms with Gasteiger partial charge in [-0.15, -0.1) is 0 Å². The van der Waals surface area contributed by atoms with Crippen LogP contribution in [0.25, 0.3) is 0 Å². The van der Waals surface area contributed by atoms with Crippen molar-refractivity contribution in [2.24, 2.45) is 0 Å². The lowest BCUT2D eigenvalue weighted by Crippen LogP contribution is -2.19. The summed E-state index contributed by atoms with van der Waals surface area (Å²) in [4.78, 5) is 14.3. The lowest BCUT2D eigenvalue weighted by atomic mass is 10.3. The molecule has 7 nitrogen and oxygen atoms in total. The van der Waals surface area contributed by atoms with Crippen LogP contribution in [0.15, 0.2) is 18.2 Å². The van der Waals surface area contributed by atoms with E-state index in [2.05, 4.69) is 9.71 Å². The molecule has 1 aromatic rings. The smallest absolute Gasteiger partial charge is 0.354 e.